The van der Waals surface area contributed by atoms with Crippen molar-refractivity contribution in [2.45, 2.75) is 32.7 Å². The van der Waals surface area contributed by atoms with E-state index in [0.29, 0.717) is 6.04 Å². The zero-order chi connectivity index (χ0) is 12.5. The maximum Gasteiger partial charge on any atom is 0.131 e. The van der Waals surface area contributed by atoms with E-state index < -0.39 is 0 Å². The Labute approximate surface area is 103 Å². The third-order valence-electron chi connectivity index (χ3n) is 2.58. The second-order valence-corrected chi connectivity index (χ2v) is 4.13. The molecule has 0 fully saturated rings. The van der Waals surface area contributed by atoms with Gasteiger partial charge in [0.1, 0.15) is 18.0 Å². The van der Waals surface area contributed by atoms with Gasteiger partial charge in [-0.15, -0.1) is 0 Å². The van der Waals surface area contributed by atoms with E-state index in [1.165, 1.54) is 0 Å². The van der Waals surface area contributed by atoms with Gasteiger partial charge < -0.3 is 16.0 Å². The SMILES string of the molecule is CCC(C)Nc1cc(NCCCNC)ncn1. The summed E-state index contributed by atoms with van der Waals surface area (Å²) in [6, 6.07) is 2.38. The number of rotatable bonds is 8. The van der Waals surface area contributed by atoms with E-state index >= 15 is 0 Å². The van der Waals surface area contributed by atoms with E-state index in [1.807, 2.05) is 13.1 Å². The number of anilines is 2. The van der Waals surface area contributed by atoms with Crippen LogP contribution in [0, 0.1) is 0 Å². The van der Waals surface area contributed by atoms with Gasteiger partial charge in [0.2, 0.25) is 0 Å². The Kier molecular flexibility index (Phi) is 6.32. The Morgan fingerprint density at radius 1 is 1.24 bits per heavy atom. The van der Waals surface area contributed by atoms with E-state index in [-0.39, 0.29) is 0 Å². The van der Waals surface area contributed by atoms with Crippen LogP contribution in [0.3, 0.4) is 0 Å². The first-order valence-corrected chi connectivity index (χ1v) is 6.23. The molecule has 1 atom stereocenters. The Morgan fingerprint density at radius 2 is 2.00 bits per heavy atom. The molecule has 5 nitrogen and oxygen atoms in total. The van der Waals surface area contributed by atoms with E-state index in [0.717, 1.165) is 37.6 Å². The first-order valence-electron chi connectivity index (χ1n) is 6.23. The molecule has 96 valence electrons. The van der Waals surface area contributed by atoms with Gasteiger partial charge in [-0.25, -0.2) is 9.97 Å². The molecule has 0 spiro atoms. The monoisotopic (exact) mass is 237 g/mol. The molecule has 0 aliphatic rings. The molecule has 1 aromatic rings. The summed E-state index contributed by atoms with van der Waals surface area (Å²) in [6.07, 6.45) is 3.74. The summed E-state index contributed by atoms with van der Waals surface area (Å²) in [5.74, 6) is 1.76. The molecule has 0 aliphatic heterocycles. The van der Waals surface area contributed by atoms with Gasteiger partial charge in [-0.1, -0.05) is 6.92 Å². The topological polar surface area (TPSA) is 61.9 Å². The predicted octanol–water partition coefficient (Wildman–Crippen LogP) is 1.71. The molecule has 0 aliphatic carbocycles. The average Bonchev–Trinajstić information content (AvgIpc) is 2.35. The fourth-order valence-corrected chi connectivity index (χ4v) is 1.37. The lowest BCUT2D eigenvalue weighted by Gasteiger charge is -2.12. The van der Waals surface area contributed by atoms with Gasteiger partial charge in [-0.3, -0.25) is 0 Å². The molecular weight excluding hydrogens is 214 g/mol. The highest BCUT2D eigenvalue weighted by Crippen LogP contribution is 2.10. The Balaban J connectivity index is 2.42. The maximum absolute atomic E-state index is 4.20. The number of nitrogens with one attached hydrogen (secondary N) is 3. The van der Waals surface area contributed by atoms with Crippen molar-refractivity contribution in [2.75, 3.05) is 30.8 Å². The highest BCUT2D eigenvalue weighted by Gasteiger charge is 2.01. The molecule has 0 amide bonds. The van der Waals surface area contributed by atoms with Gasteiger partial charge in [-0.05, 0) is 33.4 Å². The number of nitrogens with zero attached hydrogens (tertiary/aromatic N) is 2. The largest absolute Gasteiger partial charge is 0.370 e. The molecule has 1 aromatic heterocycles. The van der Waals surface area contributed by atoms with Gasteiger partial charge in [0.05, 0.1) is 0 Å². The molecule has 1 heterocycles. The van der Waals surface area contributed by atoms with E-state index in [1.54, 1.807) is 6.33 Å². The van der Waals surface area contributed by atoms with Crippen molar-refractivity contribution in [1.82, 2.24) is 15.3 Å². The van der Waals surface area contributed by atoms with Gasteiger partial charge in [0, 0.05) is 18.7 Å². The van der Waals surface area contributed by atoms with Gasteiger partial charge in [0.15, 0.2) is 0 Å². The lowest BCUT2D eigenvalue weighted by Crippen LogP contribution is -2.16. The molecule has 5 heteroatoms. The van der Waals surface area contributed by atoms with Gasteiger partial charge >= 0.3 is 0 Å². The summed E-state index contributed by atoms with van der Waals surface area (Å²) in [7, 11) is 1.96. The predicted molar refractivity (Wildman–Crippen MR) is 72.4 cm³/mol. The standard InChI is InChI=1S/C12H23N5/c1-4-10(2)17-12-8-11(15-9-16-12)14-7-5-6-13-3/h8-10,13H,4-7H2,1-3H3,(H2,14,15,16,17). The summed E-state index contributed by atoms with van der Waals surface area (Å²) in [5, 5.41) is 9.72. The summed E-state index contributed by atoms with van der Waals surface area (Å²) in [5.41, 5.74) is 0. The smallest absolute Gasteiger partial charge is 0.131 e. The van der Waals surface area contributed by atoms with Crippen LogP contribution in [0.5, 0.6) is 0 Å². The molecule has 0 saturated carbocycles. The van der Waals surface area contributed by atoms with Gasteiger partial charge in [0.25, 0.3) is 0 Å². The van der Waals surface area contributed by atoms with Crippen LogP contribution < -0.4 is 16.0 Å². The third-order valence-corrected chi connectivity index (χ3v) is 2.58. The lowest BCUT2D eigenvalue weighted by atomic mass is 10.2. The van der Waals surface area contributed by atoms with Crippen molar-refractivity contribution in [3.8, 4) is 0 Å². The van der Waals surface area contributed by atoms with Crippen LogP contribution in [-0.4, -0.2) is 36.1 Å². The summed E-state index contributed by atoms with van der Waals surface area (Å²) in [4.78, 5) is 8.38. The number of hydrogen-bond donors (Lipinski definition) is 3. The molecule has 0 aromatic carbocycles. The summed E-state index contributed by atoms with van der Waals surface area (Å²) >= 11 is 0. The Bertz CT molecular complexity index is 316. The Hall–Kier alpha value is -1.36. The first kappa shape index (κ1) is 13.7. The molecule has 0 radical (unpaired) electrons. The lowest BCUT2D eigenvalue weighted by molar-refractivity contribution is 0.745. The molecule has 0 saturated heterocycles. The highest BCUT2D eigenvalue weighted by molar-refractivity contribution is 5.46. The molecule has 3 N–H and O–H groups in total. The average molecular weight is 237 g/mol. The minimum atomic E-state index is 0.432. The van der Waals surface area contributed by atoms with Crippen molar-refractivity contribution in [3.05, 3.63) is 12.4 Å². The van der Waals surface area contributed by atoms with Crippen molar-refractivity contribution < 1.29 is 0 Å². The van der Waals surface area contributed by atoms with Crippen LogP contribution in [0.15, 0.2) is 12.4 Å². The first-order chi connectivity index (χ1) is 8.26. The van der Waals surface area contributed by atoms with Crippen LogP contribution in [0.25, 0.3) is 0 Å². The number of aromatic nitrogens is 2. The normalized spacial score (nSPS) is 12.2. The maximum atomic E-state index is 4.20. The van der Waals surface area contributed by atoms with Gasteiger partial charge in [-0.2, -0.15) is 0 Å². The number of hydrogen-bond acceptors (Lipinski definition) is 5. The van der Waals surface area contributed by atoms with Crippen LogP contribution in [-0.2, 0) is 0 Å². The molecule has 1 unspecified atom stereocenters. The second kappa shape index (κ2) is 7.84. The molecular formula is C12H23N5. The van der Waals surface area contributed by atoms with Crippen LogP contribution >= 0.6 is 0 Å². The molecule has 1 rings (SSSR count). The zero-order valence-corrected chi connectivity index (χ0v) is 11.0. The Morgan fingerprint density at radius 3 is 2.71 bits per heavy atom. The molecule has 0 bridgehead atoms. The summed E-state index contributed by atoms with van der Waals surface area (Å²) in [6.45, 7) is 6.22. The van der Waals surface area contributed by atoms with Crippen molar-refractivity contribution in [1.29, 1.82) is 0 Å². The van der Waals surface area contributed by atoms with E-state index in [9.17, 15) is 0 Å². The van der Waals surface area contributed by atoms with Crippen LogP contribution in [0.4, 0.5) is 11.6 Å². The summed E-state index contributed by atoms with van der Waals surface area (Å²) < 4.78 is 0. The van der Waals surface area contributed by atoms with E-state index in [4.69, 9.17) is 0 Å². The van der Waals surface area contributed by atoms with Crippen LogP contribution in [0.1, 0.15) is 26.7 Å². The zero-order valence-electron chi connectivity index (χ0n) is 11.0. The quantitative estimate of drug-likeness (QED) is 0.601. The third kappa shape index (κ3) is 5.49. The van der Waals surface area contributed by atoms with Crippen LogP contribution in [0.2, 0.25) is 0 Å². The minimum Gasteiger partial charge on any atom is -0.370 e. The van der Waals surface area contributed by atoms with Crippen molar-refractivity contribution in [3.63, 3.8) is 0 Å². The second-order valence-electron chi connectivity index (χ2n) is 4.13. The minimum absolute atomic E-state index is 0.432. The van der Waals surface area contributed by atoms with E-state index in [2.05, 4.69) is 39.8 Å². The fourth-order valence-electron chi connectivity index (χ4n) is 1.37. The fraction of sp³-hybridized carbons (Fsp3) is 0.667. The highest BCUT2D eigenvalue weighted by atomic mass is 15.1. The molecule has 17 heavy (non-hydrogen) atoms. The van der Waals surface area contributed by atoms with Crippen molar-refractivity contribution in [2.24, 2.45) is 0 Å². The van der Waals surface area contributed by atoms with Crippen molar-refractivity contribution >= 4 is 11.6 Å².